The van der Waals surface area contributed by atoms with Crippen LogP contribution in [0.3, 0.4) is 0 Å². The van der Waals surface area contributed by atoms with Crippen molar-refractivity contribution >= 4 is 17.5 Å². The molecule has 2 aromatic rings. The zero-order chi connectivity index (χ0) is 19.8. The maximum atomic E-state index is 13.3. The standard InChI is InChI=1S/C24H27N3O2/c28-23(26-14-5-7-17-6-1-2-9-21(17)26)19-10-11-22-18(16-19)12-15-27(22)24(29)20-8-3-4-13-25-20/h3-4,8,10-11,13,16-17,21H,1-2,5-7,9,12,14-15H2/t17-,21-/m1/s1. The molecule has 1 aromatic heterocycles. The zero-order valence-corrected chi connectivity index (χ0v) is 16.7. The molecule has 5 heteroatoms. The number of fused-ring (bicyclic) bond motifs is 2. The van der Waals surface area contributed by atoms with E-state index in [1.807, 2.05) is 30.3 Å². The Labute approximate surface area is 171 Å². The number of carbonyl (C=O) groups is 2. The Morgan fingerprint density at radius 1 is 0.931 bits per heavy atom. The van der Waals surface area contributed by atoms with Gasteiger partial charge >= 0.3 is 0 Å². The molecular weight excluding hydrogens is 362 g/mol. The molecule has 0 unspecified atom stereocenters. The third-order valence-electron chi connectivity index (χ3n) is 6.86. The van der Waals surface area contributed by atoms with E-state index in [1.165, 1.54) is 25.7 Å². The zero-order valence-electron chi connectivity index (χ0n) is 16.7. The highest BCUT2D eigenvalue weighted by atomic mass is 16.2. The van der Waals surface area contributed by atoms with Crippen LogP contribution in [0.4, 0.5) is 5.69 Å². The van der Waals surface area contributed by atoms with Crippen LogP contribution < -0.4 is 4.90 Å². The molecule has 0 radical (unpaired) electrons. The molecule has 5 nitrogen and oxygen atoms in total. The lowest BCUT2D eigenvalue weighted by Crippen LogP contribution is -2.49. The molecule has 5 rings (SSSR count). The van der Waals surface area contributed by atoms with Crippen molar-refractivity contribution in [1.29, 1.82) is 0 Å². The molecule has 1 saturated carbocycles. The maximum absolute atomic E-state index is 13.3. The highest BCUT2D eigenvalue weighted by molar-refractivity contribution is 6.06. The van der Waals surface area contributed by atoms with E-state index in [1.54, 1.807) is 17.2 Å². The van der Waals surface area contributed by atoms with E-state index in [0.29, 0.717) is 24.2 Å². The molecule has 0 spiro atoms. The predicted molar refractivity (Wildman–Crippen MR) is 112 cm³/mol. The quantitative estimate of drug-likeness (QED) is 0.778. The van der Waals surface area contributed by atoms with Crippen molar-refractivity contribution in [1.82, 2.24) is 9.88 Å². The van der Waals surface area contributed by atoms with E-state index in [0.717, 1.165) is 42.6 Å². The Kier molecular flexibility index (Phi) is 4.82. The van der Waals surface area contributed by atoms with Crippen molar-refractivity contribution in [2.75, 3.05) is 18.0 Å². The average molecular weight is 389 g/mol. The van der Waals surface area contributed by atoms with Gasteiger partial charge in [-0.15, -0.1) is 0 Å². The minimum atomic E-state index is -0.0792. The number of aromatic nitrogens is 1. The first-order valence-electron chi connectivity index (χ1n) is 10.9. The SMILES string of the molecule is O=C(c1ccccn1)N1CCc2cc(C(=O)N3CCC[C@H]4CCCC[C@H]43)ccc21. The molecule has 2 atom stereocenters. The predicted octanol–water partition coefficient (Wildman–Crippen LogP) is 4.08. The maximum Gasteiger partial charge on any atom is 0.276 e. The number of anilines is 1. The molecule has 2 aliphatic heterocycles. The summed E-state index contributed by atoms with van der Waals surface area (Å²) in [6.07, 6.45) is 9.76. The van der Waals surface area contributed by atoms with Crippen molar-refractivity contribution in [2.24, 2.45) is 5.92 Å². The number of amides is 2. The van der Waals surface area contributed by atoms with E-state index in [9.17, 15) is 9.59 Å². The lowest BCUT2D eigenvalue weighted by Gasteiger charge is -2.44. The number of pyridine rings is 1. The fourth-order valence-electron chi connectivity index (χ4n) is 5.42. The summed E-state index contributed by atoms with van der Waals surface area (Å²) in [5.41, 5.74) is 3.21. The first-order valence-corrected chi connectivity index (χ1v) is 10.9. The highest BCUT2D eigenvalue weighted by Gasteiger charge is 2.36. The minimum absolute atomic E-state index is 0.0792. The van der Waals surface area contributed by atoms with Gasteiger partial charge in [-0.1, -0.05) is 18.9 Å². The first kappa shape index (κ1) is 18.3. The summed E-state index contributed by atoms with van der Waals surface area (Å²) in [4.78, 5) is 34.3. The lowest BCUT2D eigenvalue weighted by molar-refractivity contribution is 0.0390. The van der Waals surface area contributed by atoms with Crippen LogP contribution in [0.5, 0.6) is 0 Å². The number of benzene rings is 1. The number of hydrogen-bond acceptors (Lipinski definition) is 3. The van der Waals surface area contributed by atoms with Crippen LogP contribution in [0.25, 0.3) is 0 Å². The van der Waals surface area contributed by atoms with Gasteiger partial charge in [0, 0.05) is 36.6 Å². The number of carbonyl (C=O) groups excluding carboxylic acids is 2. The second kappa shape index (κ2) is 7.62. The molecule has 3 heterocycles. The van der Waals surface area contributed by atoms with Crippen molar-refractivity contribution in [3.05, 3.63) is 59.4 Å². The van der Waals surface area contributed by atoms with Crippen LogP contribution >= 0.6 is 0 Å². The van der Waals surface area contributed by atoms with E-state index in [4.69, 9.17) is 0 Å². The highest BCUT2D eigenvalue weighted by Crippen LogP contribution is 2.37. The summed E-state index contributed by atoms with van der Waals surface area (Å²) < 4.78 is 0. The molecule has 1 aromatic carbocycles. The topological polar surface area (TPSA) is 53.5 Å². The number of piperidine rings is 1. The van der Waals surface area contributed by atoms with Gasteiger partial charge in [0.05, 0.1) is 0 Å². The second-order valence-electron chi connectivity index (χ2n) is 8.52. The molecule has 1 saturated heterocycles. The van der Waals surface area contributed by atoms with Gasteiger partial charge in [0.2, 0.25) is 0 Å². The van der Waals surface area contributed by atoms with Gasteiger partial charge < -0.3 is 9.80 Å². The summed E-state index contributed by atoms with van der Waals surface area (Å²) in [5, 5.41) is 0. The molecule has 2 amide bonds. The minimum Gasteiger partial charge on any atom is -0.335 e. The number of rotatable bonds is 2. The van der Waals surface area contributed by atoms with Crippen molar-refractivity contribution in [3.8, 4) is 0 Å². The van der Waals surface area contributed by atoms with Gasteiger partial charge in [-0.25, -0.2) is 0 Å². The van der Waals surface area contributed by atoms with Gasteiger partial charge in [0.1, 0.15) is 5.69 Å². The van der Waals surface area contributed by atoms with E-state index in [2.05, 4.69) is 9.88 Å². The average Bonchev–Trinajstić information content (AvgIpc) is 3.21. The molecule has 1 aliphatic carbocycles. The molecule has 29 heavy (non-hydrogen) atoms. The largest absolute Gasteiger partial charge is 0.335 e. The second-order valence-corrected chi connectivity index (χ2v) is 8.52. The van der Waals surface area contributed by atoms with Crippen LogP contribution in [-0.2, 0) is 6.42 Å². The van der Waals surface area contributed by atoms with Gasteiger partial charge in [-0.3, -0.25) is 14.6 Å². The van der Waals surface area contributed by atoms with Crippen molar-refractivity contribution < 1.29 is 9.59 Å². The summed E-state index contributed by atoms with van der Waals surface area (Å²) in [6, 6.07) is 11.7. The summed E-state index contributed by atoms with van der Waals surface area (Å²) in [6.45, 7) is 1.51. The van der Waals surface area contributed by atoms with Crippen molar-refractivity contribution in [2.45, 2.75) is 51.0 Å². The fourth-order valence-corrected chi connectivity index (χ4v) is 5.42. The van der Waals surface area contributed by atoms with Gasteiger partial charge in [0.15, 0.2) is 0 Å². The van der Waals surface area contributed by atoms with Crippen LogP contribution in [0.15, 0.2) is 42.6 Å². The Balaban J connectivity index is 1.37. The van der Waals surface area contributed by atoms with Crippen LogP contribution in [0, 0.1) is 5.92 Å². The Morgan fingerprint density at radius 2 is 1.79 bits per heavy atom. The van der Waals surface area contributed by atoms with Crippen LogP contribution in [0.1, 0.15) is 64.9 Å². The monoisotopic (exact) mass is 389 g/mol. The van der Waals surface area contributed by atoms with Gasteiger partial charge in [-0.2, -0.15) is 0 Å². The molecule has 0 bridgehead atoms. The Hall–Kier alpha value is -2.69. The third-order valence-corrected chi connectivity index (χ3v) is 6.86. The first-order chi connectivity index (χ1) is 14.2. The smallest absolute Gasteiger partial charge is 0.276 e. The van der Waals surface area contributed by atoms with Crippen molar-refractivity contribution in [3.63, 3.8) is 0 Å². The van der Waals surface area contributed by atoms with Crippen LogP contribution in [-0.4, -0.2) is 40.8 Å². The molecule has 2 fully saturated rings. The summed E-state index contributed by atoms with van der Waals surface area (Å²) in [5.74, 6) is 0.769. The number of likely N-dealkylation sites (tertiary alicyclic amines) is 1. The van der Waals surface area contributed by atoms with E-state index >= 15 is 0 Å². The number of nitrogens with zero attached hydrogens (tertiary/aromatic N) is 3. The number of hydrogen-bond donors (Lipinski definition) is 0. The van der Waals surface area contributed by atoms with Gasteiger partial charge in [-0.05, 0) is 73.9 Å². The Bertz CT molecular complexity index is 925. The molecule has 0 N–H and O–H groups in total. The van der Waals surface area contributed by atoms with Gasteiger partial charge in [0.25, 0.3) is 11.8 Å². The van der Waals surface area contributed by atoms with E-state index in [-0.39, 0.29) is 11.8 Å². The third kappa shape index (κ3) is 3.33. The Morgan fingerprint density at radius 3 is 2.66 bits per heavy atom. The summed E-state index contributed by atoms with van der Waals surface area (Å²) in [7, 11) is 0. The summed E-state index contributed by atoms with van der Waals surface area (Å²) >= 11 is 0. The molecule has 150 valence electrons. The normalized spacial score (nSPS) is 23.4. The molecule has 3 aliphatic rings. The van der Waals surface area contributed by atoms with Crippen LogP contribution in [0.2, 0.25) is 0 Å². The molecular formula is C24H27N3O2. The van der Waals surface area contributed by atoms with E-state index < -0.39 is 0 Å². The lowest BCUT2D eigenvalue weighted by atomic mass is 9.78. The fraction of sp³-hybridized carbons (Fsp3) is 0.458.